The van der Waals surface area contributed by atoms with Crippen LogP contribution < -0.4 is 15.2 Å². The molecule has 0 heterocycles. The van der Waals surface area contributed by atoms with E-state index in [0.29, 0.717) is 0 Å². The lowest BCUT2D eigenvalue weighted by molar-refractivity contribution is 0.298. The summed E-state index contributed by atoms with van der Waals surface area (Å²) >= 11 is 0. The summed E-state index contributed by atoms with van der Waals surface area (Å²) in [6.45, 7) is 4.97. The van der Waals surface area contributed by atoms with E-state index in [1.165, 1.54) is 38.5 Å². The number of benzene rings is 1. The molecule has 0 aliphatic heterocycles. The maximum Gasteiger partial charge on any atom is 0.127 e. The van der Waals surface area contributed by atoms with Crippen molar-refractivity contribution in [3.63, 3.8) is 0 Å². The van der Waals surface area contributed by atoms with E-state index in [4.69, 9.17) is 15.2 Å². The Labute approximate surface area is 129 Å². The average molecular weight is 293 g/mol. The molecular weight excluding hydrogens is 262 g/mol. The molecule has 1 atom stereocenters. The molecule has 0 amide bonds. The van der Waals surface area contributed by atoms with Crippen molar-refractivity contribution < 1.29 is 9.47 Å². The highest BCUT2D eigenvalue weighted by atomic mass is 16.5. The van der Waals surface area contributed by atoms with Gasteiger partial charge >= 0.3 is 0 Å². The van der Waals surface area contributed by atoms with E-state index in [9.17, 15) is 0 Å². The third-order valence-corrected chi connectivity index (χ3v) is 3.72. The monoisotopic (exact) mass is 293 g/mol. The van der Waals surface area contributed by atoms with Crippen LogP contribution in [0.4, 0.5) is 0 Å². The first-order valence-corrected chi connectivity index (χ1v) is 8.25. The molecule has 3 heteroatoms. The van der Waals surface area contributed by atoms with E-state index >= 15 is 0 Å². The first-order chi connectivity index (χ1) is 10.2. The third-order valence-electron chi connectivity index (χ3n) is 3.72. The van der Waals surface area contributed by atoms with Gasteiger partial charge in [0.1, 0.15) is 11.5 Å². The minimum atomic E-state index is -0.0278. The van der Waals surface area contributed by atoms with Crippen LogP contribution in [0.1, 0.15) is 70.4 Å². The van der Waals surface area contributed by atoms with Crippen LogP contribution in [0, 0.1) is 0 Å². The Morgan fingerprint density at radius 1 is 1.05 bits per heavy atom. The van der Waals surface area contributed by atoms with Crippen LogP contribution in [0.15, 0.2) is 18.2 Å². The fourth-order valence-electron chi connectivity index (χ4n) is 2.38. The summed E-state index contributed by atoms with van der Waals surface area (Å²) in [5, 5.41) is 0. The molecule has 1 aromatic carbocycles. The lowest BCUT2D eigenvalue weighted by Crippen LogP contribution is -2.09. The minimum absolute atomic E-state index is 0.0278. The lowest BCUT2D eigenvalue weighted by Gasteiger charge is -2.15. The average Bonchev–Trinajstić information content (AvgIpc) is 2.49. The third kappa shape index (κ3) is 6.85. The molecule has 0 bridgehead atoms. The molecule has 1 unspecified atom stereocenters. The highest BCUT2D eigenvalue weighted by molar-refractivity contribution is 5.42. The lowest BCUT2D eigenvalue weighted by atomic mass is 10.1. The van der Waals surface area contributed by atoms with Crippen molar-refractivity contribution in [3.05, 3.63) is 23.8 Å². The van der Waals surface area contributed by atoms with E-state index in [-0.39, 0.29) is 6.04 Å². The molecule has 1 rings (SSSR count). The molecule has 120 valence electrons. The summed E-state index contributed by atoms with van der Waals surface area (Å²) in [5.41, 5.74) is 7.02. The quantitative estimate of drug-likeness (QED) is 0.593. The van der Waals surface area contributed by atoms with E-state index < -0.39 is 0 Å². The number of hydrogen-bond donors (Lipinski definition) is 1. The van der Waals surface area contributed by atoms with Crippen molar-refractivity contribution in [1.82, 2.24) is 0 Å². The molecule has 2 N–H and O–H groups in total. The van der Waals surface area contributed by atoms with Gasteiger partial charge in [-0.15, -0.1) is 0 Å². The maximum atomic E-state index is 5.98. The molecule has 0 saturated heterocycles. The molecule has 21 heavy (non-hydrogen) atoms. The van der Waals surface area contributed by atoms with E-state index in [2.05, 4.69) is 6.92 Å². The number of hydrogen-bond acceptors (Lipinski definition) is 3. The van der Waals surface area contributed by atoms with Gasteiger partial charge in [0.25, 0.3) is 0 Å². The topological polar surface area (TPSA) is 44.5 Å². The minimum Gasteiger partial charge on any atom is -0.497 e. The number of methoxy groups -OCH3 is 1. The van der Waals surface area contributed by atoms with Crippen molar-refractivity contribution in [1.29, 1.82) is 0 Å². The van der Waals surface area contributed by atoms with Gasteiger partial charge in [-0.2, -0.15) is 0 Å². The Morgan fingerprint density at radius 2 is 1.71 bits per heavy atom. The van der Waals surface area contributed by atoms with Crippen LogP contribution in [0.2, 0.25) is 0 Å². The van der Waals surface area contributed by atoms with Gasteiger partial charge in [0, 0.05) is 17.7 Å². The van der Waals surface area contributed by atoms with Crippen molar-refractivity contribution in [2.45, 2.75) is 64.8 Å². The summed E-state index contributed by atoms with van der Waals surface area (Å²) in [6, 6.07) is 5.82. The largest absolute Gasteiger partial charge is 0.497 e. The Kier molecular flexibility index (Phi) is 8.91. The van der Waals surface area contributed by atoms with Crippen LogP contribution in [0.3, 0.4) is 0 Å². The summed E-state index contributed by atoms with van der Waals surface area (Å²) in [4.78, 5) is 0. The van der Waals surface area contributed by atoms with Crippen LogP contribution in [-0.4, -0.2) is 13.7 Å². The van der Waals surface area contributed by atoms with Crippen LogP contribution >= 0.6 is 0 Å². The van der Waals surface area contributed by atoms with Gasteiger partial charge in [0.2, 0.25) is 0 Å². The van der Waals surface area contributed by atoms with Gasteiger partial charge in [-0.3, -0.25) is 0 Å². The second-order valence-corrected chi connectivity index (χ2v) is 5.66. The number of nitrogens with two attached hydrogens (primary N) is 1. The van der Waals surface area contributed by atoms with Gasteiger partial charge in [-0.1, -0.05) is 51.5 Å². The van der Waals surface area contributed by atoms with Crippen LogP contribution in [0.25, 0.3) is 0 Å². The van der Waals surface area contributed by atoms with Crippen molar-refractivity contribution in [2.75, 3.05) is 13.7 Å². The highest BCUT2D eigenvalue weighted by Gasteiger charge is 2.09. The molecule has 0 spiro atoms. The van der Waals surface area contributed by atoms with Gasteiger partial charge in [0.05, 0.1) is 13.7 Å². The fourth-order valence-corrected chi connectivity index (χ4v) is 2.38. The number of unbranched alkanes of at least 4 members (excludes halogenated alkanes) is 6. The molecular formula is C18H31NO2. The zero-order chi connectivity index (χ0) is 15.5. The molecule has 0 radical (unpaired) electrons. The normalized spacial score (nSPS) is 12.2. The highest BCUT2D eigenvalue weighted by Crippen LogP contribution is 2.28. The predicted molar refractivity (Wildman–Crippen MR) is 89.1 cm³/mol. The summed E-state index contributed by atoms with van der Waals surface area (Å²) in [7, 11) is 1.67. The fraction of sp³-hybridized carbons (Fsp3) is 0.667. The summed E-state index contributed by atoms with van der Waals surface area (Å²) < 4.78 is 11.2. The van der Waals surface area contributed by atoms with E-state index in [0.717, 1.165) is 30.1 Å². The zero-order valence-electron chi connectivity index (χ0n) is 13.9. The van der Waals surface area contributed by atoms with Crippen molar-refractivity contribution >= 4 is 0 Å². The molecule has 0 aliphatic rings. The summed E-state index contributed by atoms with van der Waals surface area (Å²) in [6.07, 6.45) is 9.02. The Morgan fingerprint density at radius 3 is 2.33 bits per heavy atom. The number of rotatable bonds is 11. The maximum absolute atomic E-state index is 5.98. The van der Waals surface area contributed by atoms with E-state index in [1.807, 2.05) is 25.1 Å². The predicted octanol–water partition coefficient (Wildman–Crippen LogP) is 4.84. The van der Waals surface area contributed by atoms with Gasteiger partial charge in [-0.25, -0.2) is 0 Å². The second kappa shape index (κ2) is 10.5. The smallest absolute Gasteiger partial charge is 0.127 e. The first kappa shape index (κ1) is 17.8. The van der Waals surface area contributed by atoms with Gasteiger partial charge in [0.15, 0.2) is 0 Å². The van der Waals surface area contributed by atoms with Gasteiger partial charge < -0.3 is 15.2 Å². The van der Waals surface area contributed by atoms with Crippen molar-refractivity contribution in [3.8, 4) is 11.5 Å². The zero-order valence-corrected chi connectivity index (χ0v) is 13.9. The standard InChI is InChI=1S/C18H31NO2/c1-4-5-6-7-8-9-10-13-21-18-14-16(20-3)11-12-17(18)15(2)19/h11-12,14-15H,4-10,13,19H2,1-3H3. The van der Waals surface area contributed by atoms with Gasteiger partial charge in [-0.05, 0) is 19.4 Å². The molecule has 3 nitrogen and oxygen atoms in total. The summed E-state index contributed by atoms with van der Waals surface area (Å²) in [5.74, 6) is 1.67. The first-order valence-electron chi connectivity index (χ1n) is 8.25. The molecule has 0 aliphatic carbocycles. The molecule has 0 saturated carbocycles. The Hall–Kier alpha value is -1.22. The van der Waals surface area contributed by atoms with E-state index in [1.54, 1.807) is 7.11 Å². The SMILES string of the molecule is CCCCCCCCCOc1cc(OC)ccc1C(C)N. The number of ether oxygens (including phenoxy) is 2. The molecule has 0 fully saturated rings. The molecule has 1 aromatic rings. The Bertz CT molecular complexity index is 391. The second-order valence-electron chi connectivity index (χ2n) is 5.66. The van der Waals surface area contributed by atoms with Crippen molar-refractivity contribution in [2.24, 2.45) is 5.73 Å². The Balaban J connectivity index is 2.33. The van der Waals surface area contributed by atoms with Crippen LogP contribution in [0.5, 0.6) is 11.5 Å². The molecule has 0 aromatic heterocycles. The van der Waals surface area contributed by atoms with Crippen LogP contribution in [-0.2, 0) is 0 Å².